The molecule has 0 bridgehead atoms. The van der Waals surface area contributed by atoms with Gasteiger partial charge in [0.05, 0.1) is 12.1 Å². The molecule has 3 atom stereocenters. The van der Waals surface area contributed by atoms with E-state index in [0.717, 1.165) is 37.9 Å². The summed E-state index contributed by atoms with van der Waals surface area (Å²) in [6, 6.07) is 10.2. The molecular weight excluding hydrogens is 407 g/mol. The molecule has 32 heavy (non-hydrogen) atoms. The number of piperidine rings is 1. The Kier molecular flexibility index (Phi) is 5.91. The Balaban J connectivity index is 1.38. The van der Waals surface area contributed by atoms with Crippen molar-refractivity contribution in [1.82, 2.24) is 19.7 Å². The third-order valence-corrected chi connectivity index (χ3v) is 7.31. The second kappa shape index (κ2) is 8.98. The van der Waals surface area contributed by atoms with Crippen molar-refractivity contribution in [1.29, 1.82) is 0 Å². The summed E-state index contributed by atoms with van der Waals surface area (Å²) in [4.78, 5) is 36.6. The van der Waals surface area contributed by atoms with Crippen LogP contribution in [0.2, 0.25) is 0 Å². The maximum absolute atomic E-state index is 13.6. The Morgan fingerprint density at radius 1 is 1.03 bits per heavy atom. The number of aromatic nitrogens is 1. The Bertz CT molecular complexity index is 962. The molecule has 0 radical (unpaired) electrons. The third-order valence-electron chi connectivity index (χ3n) is 7.31. The molecule has 2 aromatic rings. The molecule has 168 valence electrons. The van der Waals surface area contributed by atoms with Crippen LogP contribution < -0.4 is 0 Å². The van der Waals surface area contributed by atoms with Crippen molar-refractivity contribution < 1.29 is 14.0 Å². The van der Waals surface area contributed by atoms with Gasteiger partial charge in [-0.15, -0.1) is 0 Å². The number of likely N-dealkylation sites (tertiary alicyclic amines) is 3. The van der Waals surface area contributed by atoms with Gasteiger partial charge in [0, 0.05) is 49.9 Å². The Labute approximate surface area is 188 Å². The number of rotatable bonds is 4. The van der Waals surface area contributed by atoms with E-state index in [1.165, 1.54) is 12.1 Å². The topological polar surface area (TPSA) is 56.8 Å². The molecule has 3 aliphatic heterocycles. The zero-order valence-corrected chi connectivity index (χ0v) is 18.2. The number of fused-ring (bicyclic) bond motifs is 1. The van der Waals surface area contributed by atoms with Gasteiger partial charge in [-0.05, 0) is 62.2 Å². The summed E-state index contributed by atoms with van der Waals surface area (Å²) in [5.41, 5.74) is 1.61. The molecule has 1 aromatic carbocycles. The van der Waals surface area contributed by atoms with Crippen molar-refractivity contribution in [3.8, 4) is 0 Å². The molecule has 3 aliphatic rings. The number of carbonyl (C=O) groups is 2. The number of carbonyl (C=O) groups excluding carboxylic acids is 2. The minimum absolute atomic E-state index is 0.0189. The maximum atomic E-state index is 13.6. The summed E-state index contributed by atoms with van der Waals surface area (Å²) < 4.78 is 13.6. The van der Waals surface area contributed by atoms with Gasteiger partial charge in [-0.25, -0.2) is 4.39 Å². The van der Waals surface area contributed by atoms with Gasteiger partial charge >= 0.3 is 0 Å². The van der Waals surface area contributed by atoms with E-state index in [0.29, 0.717) is 31.7 Å². The highest BCUT2D eigenvalue weighted by molar-refractivity contribution is 5.94. The number of amides is 2. The average molecular weight is 437 g/mol. The minimum atomic E-state index is -0.266. The summed E-state index contributed by atoms with van der Waals surface area (Å²) in [6.45, 7) is 4.35. The molecule has 1 aromatic heterocycles. The van der Waals surface area contributed by atoms with Crippen LogP contribution in [0.3, 0.4) is 0 Å². The van der Waals surface area contributed by atoms with Crippen LogP contribution in [0, 0.1) is 11.7 Å². The van der Waals surface area contributed by atoms with Crippen molar-refractivity contribution in [3.63, 3.8) is 0 Å². The second-order valence-electron chi connectivity index (χ2n) is 9.20. The molecule has 5 rings (SSSR count). The fourth-order valence-electron chi connectivity index (χ4n) is 5.64. The lowest BCUT2D eigenvalue weighted by Crippen LogP contribution is -2.51. The standard InChI is InChI=1S/C25H29FN4O2/c26-20-7-5-18(6-8-20)21-16-30(25(32)19-4-3-10-27-14-19)23-9-13-29(15-22(21)23)24(31)17-28-11-1-2-12-28/h3-8,10,14,21-23H,1-2,9,11-13,15-17H2/t21-,22-,23-/m1/s1. The first-order valence-corrected chi connectivity index (χ1v) is 11.6. The molecule has 4 heterocycles. The van der Waals surface area contributed by atoms with E-state index >= 15 is 0 Å². The highest BCUT2D eigenvalue weighted by atomic mass is 19.1. The van der Waals surface area contributed by atoms with Crippen molar-refractivity contribution >= 4 is 11.8 Å². The van der Waals surface area contributed by atoms with E-state index in [2.05, 4.69) is 9.88 Å². The Morgan fingerprint density at radius 3 is 2.53 bits per heavy atom. The molecule has 0 saturated carbocycles. The first kappa shape index (κ1) is 21.1. The molecule has 0 unspecified atom stereocenters. The number of pyridine rings is 1. The van der Waals surface area contributed by atoms with E-state index in [1.54, 1.807) is 24.5 Å². The van der Waals surface area contributed by atoms with Crippen LogP contribution in [0.5, 0.6) is 0 Å². The summed E-state index contributed by atoms with van der Waals surface area (Å²) in [5, 5.41) is 0. The van der Waals surface area contributed by atoms with Gasteiger partial charge < -0.3 is 9.80 Å². The fraction of sp³-hybridized carbons (Fsp3) is 0.480. The van der Waals surface area contributed by atoms with Gasteiger partial charge in [-0.3, -0.25) is 19.5 Å². The zero-order chi connectivity index (χ0) is 22.1. The molecule has 0 N–H and O–H groups in total. The number of nitrogens with zero attached hydrogens (tertiary/aromatic N) is 4. The van der Waals surface area contributed by atoms with Gasteiger partial charge in [0.1, 0.15) is 5.82 Å². The van der Waals surface area contributed by atoms with E-state index in [9.17, 15) is 14.0 Å². The predicted molar refractivity (Wildman–Crippen MR) is 119 cm³/mol. The van der Waals surface area contributed by atoms with Gasteiger partial charge in [-0.2, -0.15) is 0 Å². The van der Waals surface area contributed by atoms with E-state index in [4.69, 9.17) is 0 Å². The maximum Gasteiger partial charge on any atom is 0.255 e. The molecular formula is C25H29FN4O2. The van der Waals surface area contributed by atoms with Crippen LogP contribution in [0.15, 0.2) is 48.8 Å². The minimum Gasteiger partial charge on any atom is -0.341 e. The smallest absolute Gasteiger partial charge is 0.255 e. The Hall–Kier alpha value is -2.80. The predicted octanol–water partition coefficient (Wildman–Crippen LogP) is 2.77. The van der Waals surface area contributed by atoms with E-state index in [1.807, 2.05) is 21.9 Å². The van der Waals surface area contributed by atoms with Gasteiger partial charge in [-0.1, -0.05) is 12.1 Å². The lowest BCUT2D eigenvalue weighted by Gasteiger charge is -2.39. The molecule has 3 saturated heterocycles. The summed E-state index contributed by atoms with van der Waals surface area (Å²) in [7, 11) is 0. The normalized spacial score (nSPS) is 25.7. The van der Waals surface area contributed by atoms with Crippen LogP contribution in [-0.2, 0) is 4.79 Å². The molecule has 2 amide bonds. The monoisotopic (exact) mass is 436 g/mol. The second-order valence-corrected chi connectivity index (χ2v) is 9.20. The highest BCUT2D eigenvalue weighted by Crippen LogP contribution is 2.42. The van der Waals surface area contributed by atoms with Crippen molar-refractivity contribution in [3.05, 3.63) is 65.7 Å². The van der Waals surface area contributed by atoms with Crippen LogP contribution in [0.1, 0.15) is 41.1 Å². The highest BCUT2D eigenvalue weighted by Gasteiger charge is 2.47. The number of halogens is 1. The van der Waals surface area contributed by atoms with E-state index in [-0.39, 0.29) is 35.5 Å². The van der Waals surface area contributed by atoms with Crippen molar-refractivity contribution in [2.45, 2.75) is 31.2 Å². The number of hydrogen-bond acceptors (Lipinski definition) is 4. The molecule has 0 aliphatic carbocycles. The average Bonchev–Trinajstić information content (AvgIpc) is 3.47. The van der Waals surface area contributed by atoms with Crippen molar-refractivity contribution in [2.24, 2.45) is 5.92 Å². The van der Waals surface area contributed by atoms with Crippen molar-refractivity contribution in [2.75, 3.05) is 39.3 Å². The summed E-state index contributed by atoms with van der Waals surface area (Å²) >= 11 is 0. The molecule has 3 fully saturated rings. The quantitative estimate of drug-likeness (QED) is 0.740. The van der Waals surface area contributed by atoms with Crippen LogP contribution in [0.25, 0.3) is 0 Å². The fourth-order valence-corrected chi connectivity index (χ4v) is 5.64. The van der Waals surface area contributed by atoms with E-state index < -0.39 is 0 Å². The van der Waals surface area contributed by atoms with Gasteiger partial charge in [0.15, 0.2) is 0 Å². The molecule has 7 heteroatoms. The van der Waals surface area contributed by atoms with Crippen LogP contribution in [0.4, 0.5) is 4.39 Å². The third kappa shape index (κ3) is 4.13. The van der Waals surface area contributed by atoms with Crippen LogP contribution >= 0.6 is 0 Å². The van der Waals surface area contributed by atoms with Crippen LogP contribution in [-0.4, -0.2) is 76.8 Å². The largest absolute Gasteiger partial charge is 0.341 e. The SMILES string of the molecule is O=C(CN1CCCC1)N1CC[C@@H]2[C@H](C1)[C@@H](c1ccc(F)cc1)CN2C(=O)c1cccnc1. The first-order chi connectivity index (χ1) is 15.6. The number of benzene rings is 1. The summed E-state index contributed by atoms with van der Waals surface area (Å²) in [6.07, 6.45) is 6.36. The zero-order valence-electron chi connectivity index (χ0n) is 18.2. The Morgan fingerprint density at radius 2 is 1.81 bits per heavy atom. The van der Waals surface area contributed by atoms with Gasteiger partial charge in [0.25, 0.3) is 5.91 Å². The summed E-state index contributed by atoms with van der Waals surface area (Å²) in [5.74, 6) is 0.105. The lowest BCUT2D eigenvalue weighted by atomic mass is 9.81. The first-order valence-electron chi connectivity index (χ1n) is 11.6. The lowest BCUT2D eigenvalue weighted by molar-refractivity contribution is -0.134. The number of hydrogen-bond donors (Lipinski definition) is 0. The molecule has 6 nitrogen and oxygen atoms in total. The van der Waals surface area contributed by atoms with Gasteiger partial charge in [0.2, 0.25) is 5.91 Å². The molecule has 0 spiro atoms.